The van der Waals surface area contributed by atoms with Crippen LogP contribution >= 0.6 is 0 Å². The SMILES string of the molecule is C=C/C=C(C=C)/C=C/c1nc(NC2=CCCC(C)=NN2)cc(C(=O)OC)n1. The normalized spacial score (nSPS) is 14.5. The third-order valence-electron chi connectivity index (χ3n) is 3.59. The Morgan fingerprint density at radius 2 is 2.19 bits per heavy atom. The second kappa shape index (κ2) is 9.86. The van der Waals surface area contributed by atoms with Crippen LogP contribution < -0.4 is 10.7 Å². The van der Waals surface area contributed by atoms with E-state index in [0.717, 1.165) is 24.1 Å². The van der Waals surface area contributed by atoms with E-state index in [1.165, 1.54) is 13.2 Å². The van der Waals surface area contributed by atoms with E-state index in [4.69, 9.17) is 4.74 Å². The van der Waals surface area contributed by atoms with Gasteiger partial charge in [-0.15, -0.1) is 0 Å². The van der Waals surface area contributed by atoms with E-state index >= 15 is 0 Å². The third kappa shape index (κ3) is 6.07. The van der Waals surface area contributed by atoms with Gasteiger partial charge in [-0.05, 0) is 37.5 Å². The van der Waals surface area contributed by atoms with Gasteiger partial charge < -0.3 is 10.1 Å². The molecule has 0 saturated carbocycles. The molecule has 1 aliphatic heterocycles. The quantitative estimate of drug-likeness (QED) is 0.567. The van der Waals surface area contributed by atoms with Crippen LogP contribution in [0.1, 0.15) is 36.1 Å². The number of anilines is 1. The second-order valence-corrected chi connectivity index (χ2v) is 5.67. The highest BCUT2D eigenvalue weighted by atomic mass is 16.5. The van der Waals surface area contributed by atoms with Crippen molar-refractivity contribution in [3.05, 3.63) is 72.5 Å². The van der Waals surface area contributed by atoms with Gasteiger partial charge in [0.15, 0.2) is 11.5 Å². The van der Waals surface area contributed by atoms with Gasteiger partial charge in [-0.2, -0.15) is 5.10 Å². The van der Waals surface area contributed by atoms with Crippen LogP contribution in [0.5, 0.6) is 0 Å². The maximum Gasteiger partial charge on any atom is 0.356 e. The van der Waals surface area contributed by atoms with Crippen molar-refractivity contribution in [1.82, 2.24) is 15.4 Å². The van der Waals surface area contributed by atoms with Crippen molar-refractivity contribution in [2.24, 2.45) is 5.10 Å². The van der Waals surface area contributed by atoms with Gasteiger partial charge in [0.05, 0.1) is 7.11 Å². The highest BCUT2D eigenvalue weighted by Crippen LogP contribution is 2.13. The molecule has 7 nitrogen and oxygen atoms in total. The molecule has 0 atom stereocenters. The first-order chi connectivity index (χ1) is 13.0. The molecule has 1 aromatic rings. The van der Waals surface area contributed by atoms with Gasteiger partial charge in [-0.3, -0.25) is 5.43 Å². The van der Waals surface area contributed by atoms with Crippen LogP contribution in [0.2, 0.25) is 0 Å². The number of ether oxygens (including phenoxy) is 1. The Morgan fingerprint density at radius 3 is 2.89 bits per heavy atom. The second-order valence-electron chi connectivity index (χ2n) is 5.67. The Labute approximate surface area is 158 Å². The van der Waals surface area contributed by atoms with E-state index in [2.05, 4.69) is 39.0 Å². The van der Waals surface area contributed by atoms with E-state index in [1.807, 2.05) is 13.0 Å². The molecule has 1 aromatic heterocycles. The van der Waals surface area contributed by atoms with Crippen molar-refractivity contribution < 1.29 is 9.53 Å². The first kappa shape index (κ1) is 19.8. The zero-order valence-corrected chi connectivity index (χ0v) is 15.5. The topological polar surface area (TPSA) is 88.5 Å². The summed E-state index contributed by atoms with van der Waals surface area (Å²) in [6, 6.07) is 1.53. The van der Waals surface area contributed by atoms with Crippen molar-refractivity contribution >= 4 is 23.6 Å². The summed E-state index contributed by atoms with van der Waals surface area (Å²) in [5.41, 5.74) is 4.94. The van der Waals surface area contributed by atoms with Crippen molar-refractivity contribution in [1.29, 1.82) is 0 Å². The summed E-state index contributed by atoms with van der Waals surface area (Å²) in [5, 5.41) is 7.37. The van der Waals surface area contributed by atoms with Crippen molar-refractivity contribution in [2.75, 3.05) is 12.4 Å². The molecule has 1 aliphatic rings. The van der Waals surface area contributed by atoms with Crippen molar-refractivity contribution in [3.8, 4) is 0 Å². The minimum absolute atomic E-state index is 0.149. The number of hydrogen-bond donors (Lipinski definition) is 2. The van der Waals surface area contributed by atoms with Crippen LogP contribution in [0.15, 0.2) is 66.1 Å². The predicted octanol–water partition coefficient (Wildman–Crippen LogP) is 3.59. The molecule has 2 rings (SSSR count). The minimum Gasteiger partial charge on any atom is -0.464 e. The third-order valence-corrected chi connectivity index (χ3v) is 3.59. The molecule has 2 N–H and O–H groups in total. The molecule has 7 heteroatoms. The van der Waals surface area contributed by atoms with Crippen LogP contribution in [-0.2, 0) is 4.74 Å². The maximum atomic E-state index is 11.9. The summed E-state index contributed by atoms with van der Waals surface area (Å²) in [6.07, 6.45) is 12.3. The van der Waals surface area contributed by atoms with Crippen molar-refractivity contribution in [3.63, 3.8) is 0 Å². The molecule has 0 bridgehead atoms. The Kier molecular flexibility index (Phi) is 7.25. The number of esters is 1. The molecule has 0 fully saturated rings. The summed E-state index contributed by atoms with van der Waals surface area (Å²) in [6.45, 7) is 9.36. The highest BCUT2D eigenvalue weighted by Gasteiger charge is 2.12. The lowest BCUT2D eigenvalue weighted by Crippen LogP contribution is -2.16. The number of hydrazone groups is 1. The standard InChI is InChI=1S/C20H23N5O2/c1-5-8-15(6-2)11-12-17-21-16(20(26)27-4)13-19(22-17)23-18-10-7-9-14(3)24-25-18/h5-6,8,10-13,25H,1-2,7,9H2,3-4H3,(H,21,22,23)/b12-11+,15-8+. The molecule has 27 heavy (non-hydrogen) atoms. The van der Waals surface area contributed by atoms with Gasteiger partial charge in [0.2, 0.25) is 0 Å². The largest absolute Gasteiger partial charge is 0.464 e. The Hall–Kier alpha value is -3.48. The number of hydrogen-bond acceptors (Lipinski definition) is 7. The molecule has 2 heterocycles. The van der Waals surface area contributed by atoms with Crippen molar-refractivity contribution in [2.45, 2.75) is 19.8 Å². The van der Waals surface area contributed by atoms with Gasteiger partial charge in [-0.25, -0.2) is 14.8 Å². The van der Waals surface area contributed by atoms with E-state index in [-0.39, 0.29) is 5.69 Å². The number of nitrogens with one attached hydrogen (secondary N) is 2. The van der Waals surface area contributed by atoms with Gasteiger partial charge in [0.1, 0.15) is 11.6 Å². The summed E-state index contributed by atoms with van der Waals surface area (Å²) in [5.74, 6) is 0.949. The van der Waals surface area contributed by atoms with Gasteiger partial charge in [0, 0.05) is 11.8 Å². The lowest BCUT2D eigenvalue weighted by atomic mass is 10.2. The average Bonchev–Trinajstić information content (AvgIpc) is 2.88. The monoisotopic (exact) mass is 365 g/mol. The highest BCUT2D eigenvalue weighted by molar-refractivity contribution is 5.88. The van der Waals surface area contributed by atoms with E-state index < -0.39 is 5.97 Å². The number of nitrogens with zero attached hydrogens (tertiary/aromatic N) is 3. The Bertz CT molecular complexity index is 850. The molecule has 0 aromatic carbocycles. The van der Waals surface area contributed by atoms with Crippen LogP contribution in [0.3, 0.4) is 0 Å². The molecule has 0 amide bonds. The fourth-order valence-corrected chi connectivity index (χ4v) is 2.21. The first-order valence-electron chi connectivity index (χ1n) is 8.42. The number of allylic oxidation sites excluding steroid dienone is 6. The predicted molar refractivity (Wildman–Crippen MR) is 108 cm³/mol. The van der Waals surface area contributed by atoms with Crippen LogP contribution in [0.4, 0.5) is 5.82 Å². The molecule has 0 radical (unpaired) electrons. The Balaban J connectivity index is 2.33. The molecule has 140 valence electrons. The number of carbonyl (C=O) groups excluding carboxylic acids is 1. The van der Waals surface area contributed by atoms with Gasteiger partial charge in [0.25, 0.3) is 0 Å². The fraction of sp³-hybridized carbons (Fsp3) is 0.200. The minimum atomic E-state index is -0.544. The van der Waals surface area contributed by atoms with Crippen LogP contribution in [-0.4, -0.2) is 28.8 Å². The van der Waals surface area contributed by atoms with Crippen LogP contribution in [0.25, 0.3) is 6.08 Å². The number of carbonyl (C=O) groups is 1. The van der Waals surface area contributed by atoms with Crippen LogP contribution in [0, 0.1) is 0 Å². The zero-order valence-electron chi connectivity index (χ0n) is 15.5. The van der Waals surface area contributed by atoms with E-state index in [9.17, 15) is 4.79 Å². The van der Waals surface area contributed by atoms with E-state index in [0.29, 0.717) is 17.5 Å². The lowest BCUT2D eigenvalue weighted by molar-refractivity contribution is 0.0593. The first-order valence-corrected chi connectivity index (χ1v) is 8.42. The molecule has 0 aliphatic carbocycles. The average molecular weight is 365 g/mol. The maximum absolute atomic E-state index is 11.9. The smallest absolute Gasteiger partial charge is 0.356 e. The number of rotatable bonds is 7. The summed E-state index contributed by atoms with van der Waals surface area (Å²) in [4.78, 5) is 20.6. The van der Waals surface area contributed by atoms with Gasteiger partial charge >= 0.3 is 5.97 Å². The van der Waals surface area contributed by atoms with Gasteiger partial charge in [-0.1, -0.05) is 37.5 Å². The Morgan fingerprint density at radius 1 is 1.37 bits per heavy atom. The molecule has 0 spiro atoms. The zero-order chi connectivity index (χ0) is 19.6. The summed E-state index contributed by atoms with van der Waals surface area (Å²) in [7, 11) is 1.31. The lowest BCUT2D eigenvalue weighted by Gasteiger charge is -2.10. The number of aromatic nitrogens is 2. The van der Waals surface area contributed by atoms with E-state index in [1.54, 1.807) is 30.4 Å². The molecule has 0 unspecified atom stereocenters. The molecular weight excluding hydrogens is 342 g/mol. The summed E-state index contributed by atoms with van der Waals surface area (Å²) < 4.78 is 4.78. The number of methoxy groups -OCH3 is 1. The summed E-state index contributed by atoms with van der Waals surface area (Å²) >= 11 is 0. The fourth-order valence-electron chi connectivity index (χ4n) is 2.21. The molecule has 0 saturated heterocycles. The molecular formula is C20H23N5O2.